The quantitative estimate of drug-likeness (QED) is 0.676. The maximum Gasteiger partial charge on any atom is 0.340 e. The summed E-state index contributed by atoms with van der Waals surface area (Å²) in [5.74, 6) is -0.951. The lowest BCUT2D eigenvalue weighted by molar-refractivity contribution is 0.00704. The smallest absolute Gasteiger partial charge is 0.340 e. The topological polar surface area (TPSA) is 81.9 Å². The van der Waals surface area contributed by atoms with E-state index < -0.39 is 17.5 Å². The predicted molar refractivity (Wildman–Crippen MR) is 93.4 cm³/mol. The van der Waals surface area contributed by atoms with E-state index in [4.69, 9.17) is 15.2 Å². The molecule has 0 radical (unpaired) electrons. The van der Waals surface area contributed by atoms with Gasteiger partial charge in [-0.2, -0.15) is 0 Å². The number of piperidine rings is 1. The van der Waals surface area contributed by atoms with Gasteiger partial charge in [0.25, 0.3) is 0 Å². The Morgan fingerprint density at radius 3 is 2.17 bits per heavy atom. The van der Waals surface area contributed by atoms with Gasteiger partial charge in [-0.15, -0.1) is 0 Å². The first-order valence-electron chi connectivity index (χ1n) is 8.23. The number of rotatable bonds is 3. The second-order valence-corrected chi connectivity index (χ2v) is 6.96. The maximum absolute atomic E-state index is 12.4. The van der Waals surface area contributed by atoms with Crippen molar-refractivity contribution in [3.8, 4) is 0 Å². The number of benzene rings is 1. The van der Waals surface area contributed by atoms with Gasteiger partial charge in [0.15, 0.2) is 0 Å². The number of nitrogens with zero attached hydrogens (tertiary/aromatic N) is 1. The van der Waals surface area contributed by atoms with Crippen LogP contribution in [0.25, 0.3) is 0 Å². The van der Waals surface area contributed by atoms with E-state index >= 15 is 0 Å². The summed E-state index contributed by atoms with van der Waals surface area (Å²) in [5, 5.41) is 0. The molecule has 0 spiro atoms. The molecule has 6 nitrogen and oxygen atoms in total. The maximum atomic E-state index is 12.4. The van der Waals surface area contributed by atoms with Crippen LogP contribution < -0.4 is 10.6 Å². The van der Waals surface area contributed by atoms with Crippen LogP contribution in [-0.2, 0) is 9.47 Å². The molecule has 0 saturated carbocycles. The minimum atomic E-state index is -0.615. The summed E-state index contributed by atoms with van der Waals surface area (Å²) >= 11 is 0. The van der Waals surface area contributed by atoms with Crippen LogP contribution in [-0.4, -0.2) is 37.7 Å². The van der Waals surface area contributed by atoms with Gasteiger partial charge in [-0.3, -0.25) is 0 Å². The molecule has 2 rings (SSSR count). The van der Waals surface area contributed by atoms with E-state index in [0.29, 0.717) is 11.3 Å². The Balaban J connectivity index is 2.48. The highest BCUT2D eigenvalue weighted by molar-refractivity contribution is 6.05. The van der Waals surface area contributed by atoms with Gasteiger partial charge in [0.1, 0.15) is 5.60 Å². The zero-order valence-corrected chi connectivity index (χ0v) is 14.8. The largest absolute Gasteiger partial charge is 0.465 e. The van der Waals surface area contributed by atoms with Gasteiger partial charge in [0.2, 0.25) is 0 Å². The number of nitrogens with two attached hydrogens (primary N) is 1. The number of methoxy groups -OCH3 is 1. The highest BCUT2D eigenvalue weighted by Gasteiger charge is 2.27. The third-order valence-corrected chi connectivity index (χ3v) is 3.91. The number of carbonyl (C=O) groups is 2. The van der Waals surface area contributed by atoms with Crippen molar-refractivity contribution in [1.29, 1.82) is 0 Å². The van der Waals surface area contributed by atoms with Crippen LogP contribution in [0.4, 0.5) is 11.4 Å². The molecule has 24 heavy (non-hydrogen) atoms. The number of carbonyl (C=O) groups excluding carboxylic acids is 2. The molecule has 1 fully saturated rings. The van der Waals surface area contributed by atoms with Crippen molar-refractivity contribution in [3.05, 3.63) is 23.3 Å². The Morgan fingerprint density at radius 2 is 1.62 bits per heavy atom. The second kappa shape index (κ2) is 7.11. The van der Waals surface area contributed by atoms with Gasteiger partial charge in [-0.25, -0.2) is 9.59 Å². The Labute approximate surface area is 142 Å². The molecule has 1 saturated heterocycles. The normalized spacial score (nSPS) is 15.1. The molecule has 1 aliphatic rings. The summed E-state index contributed by atoms with van der Waals surface area (Å²) in [6.45, 7) is 7.00. The third kappa shape index (κ3) is 3.99. The molecule has 6 heteroatoms. The van der Waals surface area contributed by atoms with Crippen LogP contribution in [0, 0.1) is 0 Å². The SMILES string of the molecule is COC(=O)c1ccc(C(=O)OC(C)(C)C)c(N)c1N1CCCCC1. The molecule has 2 N–H and O–H groups in total. The van der Waals surface area contributed by atoms with Gasteiger partial charge in [0.05, 0.1) is 29.6 Å². The average Bonchev–Trinajstić information content (AvgIpc) is 2.52. The number of anilines is 2. The lowest BCUT2D eigenvalue weighted by atomic mass is 10.0. The van der Waals surface area contributed by atoms with Gasteiger partial charge in [0, 0.05) is 13.1 Å². The van der Waals surface area contributed by atoms with Crippen LogP contribution in [0.3, 0.4) is 0 Å². The molecule has 0 amide bonds. The number of hydrogen-bond acceptors (Lipinski definition) is 6. The van der Waals surface area contributed by atoms with Crippen molar-refractivity contribution < 1.29 is 19.1 Å². The minimum Gasteiger partial charge on any atom is -0.465 e. The summed E-state index contributed by atoms with van der Waals surface area (Å²) in [6.07, 6.45) is 3.20. The van der Waals surface area contributed by atoms with E-state index in [9.17, 15) is 9.59 Å². The lowest BCUT2D eigenvalue weighted by Gasteiger charge is -2.32. The monoisotopic (exact) mass is 334 g/mol. The summed E-state index contributed by atoms with van der Waals surface area (Å²) < 4.78 is 10.3. The number of esters is 2. The minimum absolute atomic E-state index is 0.272. The van der Waals surface area contributed by atoms with Gasteiger partial charge >= 0.3 is 11.9 Å². The number of nitrogen functional groups attached to an aromatic ring is 1. The van der Waals surface area contributed by atoms with Crippen LogP contribution in [0.1, 0.15) is 60.7 Å². The zero-order valence-electron chi connectivity index (χ0n) is 14.8. The van der Waals surface area contributed by atoms with Gasteiger partial charge in [-0.1, -0.05) is 0 Å². The van der Waals surface area contributed by atoms with E-state index in [2.05, 4.69) is 4.90 Å². The fourth-order valence-electron chi connectivity index (χ4n) is 2.85. The Kier molecular flexibility index (Phi) is 5.36. The standard InChI is InChI=1S/C18H26N2O4/c1-18(2,3)24-17(22)12-8-9-13(16(21)23-4)15(14(12)19)20-10-6-5-7-11-20/h8-9H,5-7,10-11,19H2,1-4H3. The molecule has 0 unspecified atom stereocenters. The van der Waals surface area contributed by atoms with Crippen molar-refractivity contribution >= 4 is 23.3 Å². The Bertz CT molecular complexity index is 629. The van der Waals surface area contributed by atoms with E-state index in [1.165, 1.54) is 13.2 Å². The first-order chi connectivity index (χ1) is 11.2. The molecule has 1 aliphatic heterocycles. The van der Waals surface area contributed by atoms with E-state index in [-0.39, 0.29) is 11.3 Å². The molecule has 132 valence electrons. The van der Waals surface area contributed by atoms with Crippen molar-refractivity contribution in [3.63, 3.8) is 0 Å². The highest BCUT2D eigenvalue weighted by Crippen LogP contribution is 2.34. The summed E-state index contributed by atoms with van der Waals surface area (Å²) in [6, 6.07) is 3.12. The summed E-state index contributed by atoms with van der Waals surface area (Å²) in [4.78, 5) is 26.6. The Morgan fingerprint density at radius 1 is 1.04 bits per heavy atom. The predicted octanol–water partition coefficient (Wildman–Crippen LogP) is 3.00. The zero-order chi connectivity index (χ0) is 17.9. The molecule has 0 aliphatic carbocycles. The van der Waals surface area contributed by atoms with Gasteiger partial charge < -0.3 is 20.1 Å². The molecular weight excluding hydrogens is 308 g/mol. The van der Waals surface area contributed by atoms with E-state index in [0.717, 1.165) is 32.4 Å². The van der Waals surface area contributed by atoms with Crippen LogP contribution in [0.2, 0.25) is 0 Å². The second-order valence-electron chi connectivity index (χ2n) is 6.96. The van der Waals surface area contributed by atoms with Crippen LogP contribution >= 0.6 is 0 Å². The molecule has 1 aromatic rings. The molecular formula is C18H26N2O4. The van der Waals surface area contributed by atoms with Gasteiger partial charge in [-0.05, 0) is 52.2 Å². The molecule has 0 bridgehead atoms. The van der Waals surface area contributed by atoms with E-state index in [1.54, 1.807) is 26.8 Å². The van der Waals surface area contributed by atoms with Crippen LogP contribution in [0.15, 0.2) is 12.1 Å². The Hall–Kier alpha value is -2.24. The highest BCUT2D eigenvalue weighted by atomic mass is 16.6. The van der Waals surface area contributed by atoms with Crippen molar-refractivity contribution in [2.24, 2.45) is 0 Å². The summed E-state index contributed by atoms with van der Waals surface area (Å²) in [7, 11) is 1.33. The number of ether oxygens (including phenoxy) is 2. The van der Waals surface area contributed by atoms with Crippen molar-refractivity contribution in [2.45, 2.75) is 45.6 Å². The van der Waals surface area contributed by atoms with Crippen molar-refractivity contribution in [1.82, 2.24) is 0 Å². The first kappa shape index (κ1) is 18.1. The lowest BCUT2D eigenvalue weighted by Crippen LogP contribution is -2.32. The molecule has 0 atom stereocenters. The fourth-order valence-corrected chi connectivity index (χ4v) is 2.85. The first-order valence-corrected chi connectivity index (χ1v) is 8.23. The van der Waals surface area contributed by atoms with Crippen LogP contribution in [0.5, 0.6) is 0 Å². The molecule has 1 heterocycles. The fraction of sp³-hybridized carbons (Fsp3) is 0.556. The molecule has 1 aromatic carbocycles. The molecule has 0 aromatic heterocycles. The summed E-state index contributed by atoms with van der Waals surface area (Å²) in [5.41, 5.74) is 7.16. The number of hydrogen-bond donors (Lipinski definition) is 1. The average molecular weight is 334 g/mol. The third-order valence-electron chi connectivity index (χ3n) is 3.91. The van der Waals surface area contributed by atoms with Crippen molar-refractivity contribution in [2.75, 3.05) is 30.8 Å². The van der Waals surface area contributed by atoms with E-state index in [1.807, 2.05) is 0 Å².